The van der Waals surface area contributed by atoms with Crippen LogP contribution in [0.15, 0.2) is 30.6 Å². The molecule has 0 radical (unpaired) electrons. The van der Waals surface area contributed by atoms with Gasteiger partial charge in [-0.25, -0.2) is 22.8 Å². The van der Waals surface area contributed by atoms with Gasteiger partial charge in [-0.05, 0) is 24.6 Å². The van der Waals surface area contributed by atoms with Crippen LogP contribution in [0.1, 0.15) is 29.3 Å². The molecule has 0 amide bonds. The topological polar surface area (TPSA) is 139 Å². The van der Waals surface area contributed by atoms with E-state index in [0.717, 1.165) is 22.1 Å². The highest BCUT2D eigenvalue weighted by atomic mass is 32.2. The molecule has 1 aliphatic rings. The van der Waals surface area contributed by atoms with Crippen LogP contribution in [0.25, 0.3) is 11.0 Å². The van der Waals surface area contributed by atoms with Crippen LogP contribution in [0, 0.1) is 11.6 Å². The largest absolute Gasteiger partial charge is 0.480 e. The molecule has 0 bridgehead atoms. The number of carboxylic acids is 1. The second kappa shape index (κ2) is 12.6. The molecule has 0 spiro atoms. The van der Waals surface area contributed by atoms with E-state index < -0.39 is 40.2 Å². The summed E-state index contributed by atoms with van der Waals surface area (Å²) in [6.07, 6.45) is 3.42. The van der Waals surface area contributed by atoms with E-state index in [-0.39, 0.29) is 24.4 Å². The van der Waals surface area contributed by atoms with Crippen LogP contribution in [0.3, 0.4) is 0 Å². The van der Waals surface area contributed by atoms with Crippen molar-refractivity contribution in [3.8, 4) is 0 Å². The van der Waals surface area contributed by atoms with Crippen molar-refractivity contribution in [3.05, 3.63) is 53.4 Å². The number of hydrogen-bond donors (Lipinski definition) is 3. The molecule has 39 heavy (non-hydrogen) atoms. The average molecular weight is 566 g/mol. The lowest BCUT2D eigenvalue weighted by atomic mass is 10.0. The van der Waals surface area contributed by atoms with Gasteiger partial charge in [-0.3, -0.25) is 18.6 Å². The van der Waals surface area contributed by atoms with Gasteiger partial charge in [0.05, 0.1) is 29.7 Å². The summed E-state index contributed by atoms with van der Waals surface area (Å²) >= 11 is -2.56. The summed E-state index contributed by atoms with van der Waals surface area (Å²) in [5.74, 6) is -4.21. The van der Waals surface area contributed by atoms with E-state index in [0.29, 0.717) is 56.8 Å². The molecule has 1 aliphatic heterocycles. The molecule has 14 heteroatoms. The lowest BCUT2D eigenvalue weighted by Gasteiger charge is -2.35. The van der Waals surface area contributed by atoms with E-state index in [9.17, 15) is 22.7 Å². The van der Waals surface area contributed by atoms with Crippen LogP contribution >= 0.6 is 0 Å². The zero-order valence-corrected chi connectivity index (χ0v) is 22.0. The van der Waals surface area contributed by atoms with Crippen LogP contribution in [0.5, 0.6) is 0 Å². The number of H-pyrrole nitrogens is 1. The summed E-state index contributed by atoms with van der Waals surface area (Å²) in [7, 11) is 0. The molecule has 3 N–H and O–H groups in total. The predicted octanol–water partition coefficient (Wildman–Crippen LogP) is 2.65. The number of carbonyl (C=O) groups is 2. The summed E-state index contributed by atoms with van der Waals surface area (Å²) in [5, 5.41) is 9.05. The minimum atomic E-state index is -2.56. The number of ketones is 1. The van der Waals surface area contributed by atoms with Gasteiger partial charge in [0.2, 0.25) is 5.78 Å². The molecule has 1 saturated heterocycles. The number of anilines is 2. The van der Waals surface area contributed by atoms with Crippen LogP contribution in [-0.2, 0) is 20.8 Å². The molecule has 2 aromatic heterocycles. The Labute approximate surface area is 225 Å². The Bertz CT molecular complexity index is 1380. The van der Waals surface area contributed by atoms with E-state index in [1.807, 2.05) is 0 Å². The van der Waals surface area contributed by atoms with Crippen molar-refractivity contribution in [2.75, 3.05) is 61.7 Å². The number of aliphatic carboxylic acids is 1. The number of pyridine rings is 1. The van der Waals surface area contributed by atoms with E-state index >= 15 is 4.39 Å². The number of nitrogens with zero attached hydrogens (tertiary/aromatic N) is 4. The van der Waals surface area contributed by atoms with Crippen LogP contribution in [0.4, 0.5) is 20.2 Å². The fraction of sp³-hybridized carbons (Fsp3) is 0.400. The van der Waals surface area contributed by atoms with E-state index in [2.05, 4.69) is 19.8 Å². The fourth-order valence-corrected chi connectivity index (χ4v) is 5.15. The van der Waals surface area contributed by atoms with Gasteiger partial charge in [0.1, 0.15) is 18.1 Å². The number of rotatable bonds is 12. The molecule has 210 valence electrons. The van der Waals surface area contributed by atoms with Crippen molar-refractivity contribution >= 4 is 45.4 Å². The number of benzene rings is 1. The van der Waals surface area contributed by atoms with Crippen LogP contribution in [-0.4, -0.2) is 93.0 Å². The second-order valence-electron chi connectivity index (χ2n) is 8.98. The third-order valence-corrected chi connectivity index (χ3v) is 7.21. The molecule has 3 heterocycles. The van der Waals surface area contributed by atoms with Crippen molar-refractivity contribution in [1.82, 2.24) is 14.9 Å². The molecule has 11 nitrogen and oxygen atoms in total. The van der Waals surface area contributed by atoms with Crippen LogP contribution in [0.2, 0.25) is 0 Å². The third kappa shape index (κ3) is 6.41. The van der Waals surface area contributed by atoms with E-state index in [1.54, 1.807) is 19.2 Å². The van der Waals surface area contributed by atoms with E-state index in [1.165, 1.54) is 6.20 Å². The lowest BCUT2D eigenvalue weighted by Crippen LogP contribution is -2.47. The number of carboxylic acid groups (broad SMARTS) is 1. The zero-order valence-electron chi connectivity index (χ0n) is 21.2. The second-order valence-corrected chi connectivity index (χ2v) is 9.89. The van der Waals surface area contributed by atoms with Crippen molar-refractivity contribution < 1.29 is 37.0 Å². The van der Waals surface area contributed by atoms with Gasteiger partial charge in [-0.1, -0.05) is 6.92 Å². The normalized spacial score (nSPS) is 15.0. The van der Waals surface area contributed by atoms with Crippen molar-refractivity contribution in [3.63, 3.8) is 0 Å². The Kier molecular flexibility index (Phi) is 9.22. The van der Waals surface area contributed by atoms with E-state index in [4.69, 9.17) is 9.84 Å². The van der Waals surface area contributed by atoms with Crippen molar-refractivity contribution in [2.24, 2.45) is 0 Å². The monoisotopic (exact) mass is 565 g/mol. The first-order chi connectivity index (χ1) is 18.7. The smallest absolute Gasteiger partial charge is 0.329 e. The Hall–Kier alpha value is -3.46. The standard InChI is InChI=1S/C25H29F2N5O6S/c1-2-5-32(39(36)37)20-4-3-19(26)22(23(20)27)24(35)18-14-29-25-17(18)12-16(13-28-25)31-8-6-30(7-9-31)10-11-38-15-21(33)34/h3-4,12-14H,2,5-11,15H2,1H3,(H,28,29)(H,33,34)(H,36,37). The fourth-order valence-electron chi connectivity index (χ4n) is 4.50. The maximum absolute atomic E-state index is 15.4. The van der Waals surface area contributed by atoms with Crippen LogP contribution < -0.4 is 9.21 Å². The molecule has 1 unspecified atom stereocenters. The lowest BCUT2D eigenvalue weighted by molar-refractivity contribution is -0.142. The highest BCUT2D eigenvalue weighted by Gasteiger charge is 2.28. The summed E-state index contributed by atoms with van der Waals surface area (Å²) in [6, 6.07) is 3.69. The highest BCUT2D eigenvalue weighted by Crippen LogP contribution is 2.30. The number of aromatic nitrogens is 2. The number of halogens is 2. The molecule has 1 fully saturated rings. The molecule has 3 aromatic rings. The summed E-state index contributed by atoms with van der Waals surface area (Å²) in [4.78, 5) is 35.4. The first kappa shape index (κ1) is 28.5. The van der Waals surface area contributed by atoms with Gasteiger partial charge in [-0.15, -0.1) is 0 Å². The SMILES string of the molecule is CCCN(c1ccc(F)c(C(=O)c2c[nH]c3ncc(N4CCN(CCOCC(=O)O)CC4)cc23)c1F)S(=O)O. The summed E-state index contributed by atoms with van der Waals surface area (Å²) in [5.41, 5.74) is -0.0261. The number of piperazine rings is 1. The maximum atomic E-state index is 15.4. The van der Waals surface area contributed by atoms with Gasteiger partial charge < -0.3 is 19.7 Å². The molecule has 4 rings (SSSR count). The molecular formula is C25H29F2N5O6S. The number of hydrogen-bond acceptors (Lipinski definition) is 7. The number of aromatic amines is 1. The molecular weight excluding hydrogens is 536 g/mol. The average Bonchev–Trinajstić information content (AvgIpc) is 3.34. The number of ether oxygens (including phenoxy) is 1. The van der Waals surface area contributed by atoms with Crippen molar-refractivity contribution in [2.45, 2.75) is 13.3 Å². The number of nitrogens with one attached hydrogen (secondary N) is 1. The first-order valence-electron chi connectivity index (χ1n) is 12.4. The molecule has 1 atom stereocenters. The first-order valence-corrected chi connectivity index (χ1v) is 13.4. The zero-order chi connectivity index (χ0) is 28.1. The molecule has 1 aromatic carbocycles. The Morgan fingerprint density at radius 2 is 1.97 bits per heavy atom. The van der Waals surface area contributed by atoms with Gasteiger partial charge in [0.25, 0.3) is 11.3 Å². The number of fused-ring (bicyclic) bond motifs is 1. The minimum absolute atomic E-state index is 0.0238. The van der Waals surface area contributed by atoms with Gasteiger partial charge in [-0.2, -0.15) is 0 Å². The predicted molar refractivity (Wildman–Crippen MR) is 141 cm³/mol. The summed E-state index contributed by atoms with van der Waals surface area (Å²) in [6.45, 7) is 5.06. The Balaban J connectivity index is 1.55. The van der Waals surface area contributed by atoms with Gasteiger partial charge in [0.15, 0.2) is 5.82 Å². The van der Waals surface area contributed by atoms with Gasteiger partial charge >= 0.3 is 5.97 Å². The highest BCUT2D eigenvalue weighted by molar-refractivity contribution is 7.80. The quantitative estimate of drug-likeness (QED) is 0.172. The number of carbonyl (C=O) groups excluding carboxylic acids is 1. The maximum Gasteiger partial charge on any atom is 0.329 e. The Morgan fingerprint density at radius 3 is 2.64 bits per heavy atom. The molecule has 0 aliphatic carbocycles. The van der Waals surface area contributed by atoms with Gasteiger partial charge in [0, 0.05) is 56.4 Å². The third-order valence-electron chi connectivity index (χ3n) is 6.46. The van der Waals surface area contributed by atoms with Crippen molar-refractivity contribution in [1.29, 1.82) is 0 Å². The Morgan fingerprint density at radius 1 is 1.23 bits per heavy atom. The molecule has 0 saturated carbocycles. The summed E-state index contributed by atoms with van der Waals surface area (Å²) < 4.78 is 57.5. The minimum Gasteiger partial charge on any atom is -0.480 e.